The third kappa shape index (κ3) is 5.50. The highest BCUT2D eigenvalue weighted by molar-refractivity contribution is 5.98. The van der Waals surface area contributed by atoms with Crippen LogP contribution in [0.15, 0.2) is 42.5 Å². The lowest BCUT2D eigenvalue weighted by Gasteiger charge is -2.34. The second-order valence-electron chi connectivity index (χ2n) is 11.3. The van der Waals surface area contributed by atoms with Crippen LogP contribution in [0.3, 0.4) is 0 Å². The molecule has 0 atom stereocenters. The number of hydrogen-bond donors (Lipinski definition) is 0. The predicted octanol–water partition coefficient (Wildman–Crippen LogP) is 6.85. The summed E-state index contributed by atoms with van der Waals surface area (Å²) in [6.45, 7) is 20.5. The van der Waals surface area contributed by atoms with E-state index in [2.05, 4.69) is 86.6 Å². The first-order valence-electron chi connectivity index (χ1n) is 10.6. The predicted molar refractivity (Wildman–Crippen MR) is 125 cm³/mol. The van der Waals surface area contributed by atoms with Gasteiger partial charge in [0, 0.05) is 19.2 Å². The van der Waals surface area contributed by atoms with Gasteiger partial charge < -0.3 is 4.90 Å². The molecule has 0 saturated heterocycles. The number of carbonyl (C=O) groups is 1. The fraction of sp³-hybridized carbons (Fsp3) is 0.519. The first-order chi connectivity index (χ1) is 13.1. The van der Waals surface area contributed by atoms with E-state index < -0.39 is 0 Å². The number of nitrogens with zero attached hydrogens (tertiary/aromatic N) is 1. The molecule has 0 saturated carbocycles. The van der Waals surface area contributed by atoms with Gasteiger partial charge in [0.25, 0.3) is 5.91 Å². The lowest BCUT2D eigenvalue weighted by atomic mass is 9.72. The third-order valence-corrected chi connectivity index (χ3v) is 5.44. The van der Waals surface area contributed by atoms with Crippen LogP contribution in [0.1, 0.15) is 94.9 Å². The van der Waals surface area contributed by atoms with E-state index in [1.165, 1.54) is 5.56 Å². The zero-order valence-electron chi connectivity index (χ0n) is 20.1. The molecule has 2 aromatic carbocycles. The summed E-state index contributed by atoms with van der Waals surface area (Å²) in [4.78, 5) is 15.6. The number of hydrogen-bond acceptors (Lipinski definition) is 1. The molecule has 0 bridgehead atoms. The topological polar surface area (TPSA) is 20.3 Å². The molecule has 1 amide bonds. The lowest BCUT2D eigenvalue weighted by Crippen LogP contribution is -2.33. The number of carbonyl (C=O) groups excluding carboxylic acids is 1. The first-order valence-corrected chi connectivity index (χ1v) is 10.6. The molecule has 2 heteroatoms. The molecule has 0 fully saturated rings. The molecule has 0 aromatic heterocycles. The molecule has 0 aliphatic carbocycles. The van der Waals surface area contributed by atoms with E-state index in [4.69, 9.17) is 0 Å². The zero-order chi connectivity index (χ0) is 22.2. The molecule has 0 radical (unpaired) electrons. The Morgan fingerprint density at radius 2 is 1.21 bits per heavy atom. The highest BCUT2D eigenvalue weighted by atomic mass is 16.2. The summed E-state index contributed by atoms with van der Waals surface area (Å²) in [5, 5.41) is 0. The quantitative estimate of drug-likeness (QED) is 0.558. The summed E-state index contributed by atoms with van der Waals surface area (Å²) in [7, 11) is 1.91. The summed E-state index contributed by atoms with van der Waals surface area (Å²) < 4.78 is 0. The van der Waals surface area contributed by atoms with Crippen LogP contribution < -0.4 is 0 Å². The molecule has 0 heterocycles. The van der Waals surface area contributed by atoms with Crippen molar-refractivity contribution in [2.24, 2.45) is 0 Å². The summed E-state index contributed by atoms with van der Waals surface area (Å²) in [6, 6.07) is 14.7. The summed E-state index contributed by atoms with van der Waals surface area (Å²) in [5.74, 6) is 0.101. The van der Waals surface area contributed by atoms with E-state index in [-0.39, 0.29) is 22.2 Å². The van der Waals surface area contributed by atoms with Crippen molar-refractivity contribution in [3.8, 4) is 0 Å². The molecule has 2 rings (SSSR count). The fourth-order valence-corrected chi connectivity index (χ4v) is 3.61. The molecule has 2 aromatic rings. The maximum atomic E-state index is 13.8. The van der Waals surface area contributed by atoms with Crippen LogP contribution >= 0.6 is 0 Å². The van der Waals surface area contributed by atoms with Crippen molar-refractivity contribution < 1.29 is 4.79 Å². The van der Waals surface area contributed by atoms with Gasteiger partial charge in [-0.3, -0.25) is 4.79 Å². The van der Waals surface area contributed by atoms with Gasteiger partial charge in [-0.15, -0.1) is 0 Å². The van der Waals surface area contributed by atoms with Crippen molar-refractivity contribution in [1.29, 1.82) is 0 Å². The molecule has 0 aliphatic rings. The SMILES string of the molecule is CN(Cc1ccccc1)C(=O)c1c(C(C)(C)C)cc(C(C)(C)C)cc1C(C)(C)C. The molecule has 2 nitrogen and oxygen atoms in total. The molecular formula is C27H39NO. The van der Waals surface area contributed by atoms with Crippen molar-refractivity contribution in [3.63, 3.8) is 0 Å². The Balaban J connectivity index is 2.68. The Labute approximate surface area is 178 Å². The summed E-state index contributed by atoms with van der Waals surface area (Å²) >= 11 is 0. The standard InChI is InChI=1S/C27H39NO/c1-25(2,3)20-16-21(26(4,5)6)23(22(17-20)27(7,8)9)24(29)28(10)18-19-14-12-11-13-15-19/h11-17H,18H2,1-10H3. The molecule has 0 aliphatic heterocycles. The minimum Gasteiger partial charge on any atom is -0.337 e. The maximum absolute atomic E-state index is 13.8. The Morgan fingerprint density at radius 3 is 1.59 bits per heavy atom. The number of amides is 1. The second-order valence-corrected chi connectivity index (χ2v) is 11.3. The smallest absolute Gasteiger partial charge is 0.254 e. The average Bonchev–Trinajstić information content (AvgIpc) is 2.58. The van der Waals surface area contributed by atoms with Crippen LogP contribution in [0.25, 0.3) is 0 Å². The summed E-state index contributed by atoms with van der Waals surface area (Å²) in [5.41, 5.74) is 5.35. The van der Waals surface area contributed by atoms with Crippen molar-refractivity contribution in [2.75, 3.05) is 7.05 Å². The van der Waals surface area contributed by atoms with Crippen molar-refractivity contribution in [2.45, 2.75) is 85.1 Å². The van der Waals surface area contributed by atoms with E-state index in [9.17, 15) is 4.79 Å². The molecule has 158 valence electrons. The molecule has 29 heavy (non-hydrogen) atoms. The van der Waals surface area contributed by atoms with Gasteiger partial charge >= 0.3 is 0 Å². The van der Waals surface area contributed by atoms with Gasteiger partial charge in [-0.1, -0.05) is 105 Å². The Morgan fingerprint density at radius 1 is 0.759 bits per heavy atom. The number of benzene rings is 2. The van der Waals surface area contributed by atoms with Crippen LogP contribution in [-0.2, 0) is 22.8 Å². The van der Waals surface area contributed by atoms with E-state index in [1.807, 2.05) is 30.1 Å². The minimum absolute atomic E-state index is 0.0253. The molecule has 0 N–H and O–H groups in total. The minimum atomic E-state index is -0.125. The van der Waals surface area contributed by atoms with E-state index >= 15 is 0 Å². The Bertz CT molecular complexity index is 823. The molecule has 0 unspecified atom stereocenters. The highest BCUT2D eigenvalue weighted by Gasteiger charge is 2.33. The van der Waals surface area contributed by atoms with Gasteiger partial charge in [-0.25, -0.2) is 0 Å². The largest absolute Gasteiger partial charge is 0.337 e. The second kappa shape index (κ2) is 7.97. The zero-order valence-corrected chi connectivity index (χ0v) is 20.1. The van der Waals surface area contributed by atoms with Gasteiger partial charge in [0.1, 0.15) is 0 Å². The van der Waals surface area contributed by atoms with Gasteiger partial charge in [-0.2, -0.15) is 0 Å². The van der Waals surface area contributed by atoms with E-state index in [0.717, 1.165) is 22.3 Å². The summed E-state index contributed by atoms with van der Waals surface area (Å²) in [6.07, 6.45) is 0. The van der Waals surface area contributed by atoms with Crippen LogP contribution in [-0.4, -0.2) is 17.9 Å². The van der Waals surface area contributed by atoms with Gasteiger partial charge in [-0.05, 0) is 38.5 Å². The van der Waals surface area contributed by atoms with Crippen molar-refractivity contribution in [1.82, 2.24) is 4.90 Å². The van der Waals surface area contributed by atoms with Crippen LogP contribution in [0.5, 0.6) is 0 Å². The van der Waals surface area contributed by atoms with Crippen molar-refractivity contribution >= 4 is 5.91 Å². The third-order valence-electron chi connectivity index (χ3n) is 5.44. The van der Waals surface area contributed by atoms with Crippen LogP contribution in [0.4, 0.5) is 0 Å². The van der Waals surface area contributed by atoms with E-state index in [0.29, 0.717) is 6.54 Å². The van der Waals surface area contributed by atoms with Gasteiger partial charge in [0.2, 0.25) is 0 Å². The Hall–Kier alpha value is -2.09. The average molecular weight is 394 g/mol. The molecular weight excluding hydrogens is 354 g/mol. The maximum Gasteiger partial charge on any atom is 0.254 e. The normalized spacial score (nSPS) is 12.8. The van der Waals surface area contributed by atoms with E-state index in [1.54, 1.807) is 0 Å². The highest BCUT2D eigenvalue weighted by Crippen LogP contribution is 2.38. The van der Waals surface area contributed by atoms with Gasteiger partial charge in [0.05, 0.1) is 0 Å². The monoisotopic (exact) mass is 393 g/mol. The number of rotatable bonds is 3. The molecule has 0 spiro atoms. The van der Waals surface area contributed by atoms with Crippen molar-refractivity contribution in [3.05, 3.63) is 70.3 Å². The first kappa shape index (κ1) is 23.2. The van der Waals surface area contributed by atoms with Gasteiger partial charge in [0.15, 0.2) is 0 Å². The van der Waals surface area contributed by atoms with Crippen LogP contribution in [0.2, 0.25) is 0 Å². The van der Waals surface area contributed by atoms with Crippen LogP contribution in [0, 0.1) is 0 Å². The lowest BCUT2D eigenvalue weighted by molar-refractivity contribution is 0.0780. The Kier molecular flexibility index (Phi) is 6.37. The fourth-order valence-electron chi connectivity index (χ4n) is 3.61.